The van der Waals surface area contributed by atoms with Crippen LogP contribution in [0.2, 0.25) is 0 Å². The molecule has 166 valence electrons. The number of carbonyl (C=O) groups excluding carboxylic acids is 2. The van der Waals surface area contributed by atoms with Gasteiger partial charge in [-0.25, -0.2) is 4.39 Å². The Kier molecular flexibility index (Phi) is 7.42. The first kappa shape index (κ1) is 23.4. The zero-order valence-electron chi connectivity index (χ0n) is 16.8. The average Bonchev–Trinajstić information content (AvgIpc) is 3.13. The van der Waals surface area contributed by atoms with Crippen LogP contribution in [0.1, 0.15) is 21.5 Å². The number of thioether (sulfide) groups is 1. The molecule has 1 aliphatic heterocycles. The van der Waals surface area contributed by atoms with Crippen LogP contribution in [0.5, 0.6) is 5.75 Å². The molecule has 0 aliphatic carbocycles. The van der Waals surface area contributed by atoms with E-state index in [1.54, 1.807) is 42.5 Å². The number of rotatable bonds is 5. The molecular formula is C24H15Br2FN2O3S. The van der Waals surface area contributed by atoms with Crippen LogP contribution in [0.4, 0.5) is 4.39 Å². The SMILES string of the molecule is O=C1NC(=NC(=O)c2ccccc2)S/C1=C\c1cc(Br)c(OCc2ccc(F)cc2)c(Br)c1. The second kappa shape index (κ2) is 10.5. The van der Waals surface area contributed by atoms with Gasteiger partial charge in [-0.15, -0.1) is 0 Å². The van der Waals surface area contributed by atoms with Crippen molar-refractivity contribution < 1.29 is 18.7 Å². The largest absolute Gasteiger partial charge is 0.487 e. The lowest BCUT2D eigenvalue weighted by molar-refractivity contribution is -0.115. The summed E-state index contributed by atoms with van der Waals surface area (Å²) in [5.41, 5.74) is 2.02. The van der Waals surface area contributed by atoms with Crippen molar-refractivity contribution in [1.82, 2.24) is 5.32 Å². The van der Waals surface area contributed by atoms with E-state index >= 15 is 0 Å². The normalized spacial score (nSPS) is 15.7. The Morgan fingerprint density at radius 3 is 2.39 bits per heavy atom. The first-order chi connectivity index (χ1) is 15.9. The quantitative estimate of drug-likeness (QED) is 0.353. The molecule has 0 atom stereocenters. The van der Waals surface area contributed by atoms with Crippen molar-refractivity contribution in [1.29, 1.82) is 0 Å². The highest BCUT2D eigenvalue weighted by atomic mass is 79.9. The molecule has 2 amide bonds. The molecule has 3 aromatic carbocycles. The molecule has 1 aliphatic rings. The molecule has 0 saturated carbocycles. The number of aliphatic imine (C=N–C) groups is 1. The highest BCUT2D eigenvalue weighted by Gasteiger charge is 2.25. The molecule has 1 fully saturated rings. The maximum Gasteiger partial charge on any atom is 0.279 e. The molecule has 3 aromatic rings. The van der Waals surface area contributed by atoms with E-state index in [4.69, 9.17) is 4.74 Å². The molecule has 9 heteroatoms. The lowest BCUT2D eigenvalue weighted by atomic mass is 10.2. The van der Waals surface area contributed by atoms with E-state index in [1.807, 2.05) is 18.2 Å². The van der Waals surface area contributed by atoms with Crippen molar-refractivity contribution in [2.24, 2.45) is 4.99 Å². The van der Waals surface area contributed by atoms with E-state index in [1.165, 1.54) is 12.1 Å². The van der Waals surface area contributed by atoms with Gasteiger partial charge < -0.3 is 10.1 Å². The number of ether oxygens (including phenoxy) is 1. The molecule has 0 unspecified atom stereocenters. The summed E-state index contributed by atoms with van der Waals surface area (Å²) in [6, 6.07) is 18.4. The summed E-state index contributed by atoms with van der Waals surface area (Å²) in [5, 5.41) is 2.85. The van der Waals surface area contributed by atoms with Crippen molar-refractivity contribution in [3.63, 3.8) is 0 Å². The predicted octanol–water partition coefficient (Wildman–Crippen LogP) is 6.33. The van der Waals surface area contributed by atoms with E-state index in [9.17, 15) is 14.0 Å². The number of halogens is 3. The Hall–Kier alpha value is -2.75. The highest BCUT2D eigenvalue weighted by Crippen LogP contribution is 2.37. The average molecular weight is 590 g/mol. The van der Waals surface area contributed by atoms with Gasteiger partial charge in [0.25, 0.3) is 11.8 Å². The van der Waals surface area contributed by atoms with Gasteiger partial charge in [0, 0.05) is 5.56 Å². The molecule has 33 heavy (non-hydrogen) atoms. The number of nitrogens with one attached hydrogen (secondary N) is 1. The molecule has 1 N–H and O–H groups in total. The molecule has 0 spiro atoms. The fourth-order valence-electron chi connectivity index (χ4n) is 2.91. The van der Waals surface area contributed by atoms with E-state index in [0.29, 0.717) is 25.2 Å². The Morgan fingerprint density at radius 1 is 1.06 bits per heavy atom. The van der Waals surface area contributed by atoms with E-state index in [2.05, 4.69) is 42.2 Å². The van der Waals surface area contributed by atoms with Crippen LogP contribution in [0.15, 0.2) is 85.6 Å². The van der Waals surface area contributed by atoms with Gasteiger partial charge in [-0.3, -0.25) is 9.59 Å². The Morgan fingerprint density at radius 2 is 1.73 bits per heavy atom. The van der Waals surface area contributed by atoms with E-state index < -0.39 is 5.91 Å². The maximum absolute atomic E-state index is 13.1. The van der Waals surface area contributed by atoms with Gasteiger partial charge in [-0.2, -0.15) is 4.99 Å². The van der Waals surface area contributed by atoms with Gasteiger partial charge in [0.05, 0.1) is 13.9 Å². The summed E-state index contributed by atoms with van der Waals surface area (Å²) in [6.07, 6.45) is 1.70. The topological polar surface area (TPSA) is 67.8 Å². The maximum atomic E-state index is 13.1. The predicted molar refractivity (Wildman–Crippen MR) is 134 cm³/mol. The van der Waals surface area contributed by atoms with E-state index in [-0.39, 0.29) is 23.5 Å². The summed E-state index contributed by atoms with van der Waals surface area (Å²) in [5.74, 6) is -0.470. The number of carbonyl (C=O) groups is 2. The van der Waals surface area contributed by atoms with Crippen molar-refractivity contribution in [3.8, 4) is 5.75 Å². The van der Waals surface area contributed by atoms with Gasteiger partial charge in [0.2, 0.25) is 0 Å². The summed E-state index contributed by atoms with van der Waals surface area (Å²) in [4.78, 5) is 29.0. The van der Waals surface area contributed by atoms with Crippen molar-refractivity contribution >= 4 is 66.7 Å². The minimum atomic E-state index is -0.423. The molecule has 0 bridgehead atoms. The minimum absolute atomic E-state index is 0.234. The van der Waals surface area contributed by atoms with Crippen LogP contribution in [-0.4, -0.2) is 17.0 Å². The van der Waals surface area contributed by atoms with Crippen LogP contribution >= 0.6 is 43.6 Å². The van der Waals surface area contributed by atoms with Crippen LogP contribution in [0.25, 0.3) is 6.08 Å². The van der Waals surface area contributed by atoms with Crippen LogP contribution < -0.4 is 10.1 Å². The molecular weight excluding hydrogens is 575 g/mol. The fourth-order valence-corrected chi connectivity index (χ4v) is 5.18. The lowest BCUT2D eigenvalue weighted by Crippen LogP contribution is -2.20. The summed E-state index contributed by atoms with van der Waals surface area (Å²) < 4.78 is 20.3. The molecule has 0 radical (unpaired) electrons. The number of amidine groups is 1. The fraction of sp³-hybridized carbons (Fsp3) is 0.0417. The van der Waals surface area contributed by atoms with Crippen LogP contribution in [-0.2, 0) is 11.4 Å². The Bertz CT molecular complexity index is 1260. The zero-order chi connectivity index (χ0) is 23.4. The summed E-state index contributed by atoms with van der Waals surface area (Å²) in [6.45, 7) is 0.269. The second-order valence-electron chi connectivity index (χ2n) is 6.88. The van der Waals surface area contributed by atoms with E-state index in [0.717, 1.165) is 22.9 Å². The first-order valence-electron chi connectivity index (χ1n) is 9.64. The third-order valence-corrected chi connectivity index (χ3v) is 6.58. The number of hydrogen-bond donors (Lipinski definition) is 1. The Balaban J connectivity index is 1.48. The van der Waals surface area contributed by atoms with Crippen molar-refractivity contribution in [2.45, 2.75) is 6.61 Å². The number of amides is 2. The molecule has 1 saturated heterocycles. The summed E-state index contributed by atoms with van der Waals surface area (Å²) >= 11 is 8.09. The summed E-state index contributed by atoms with van der Waals surface area (Å²) in [7, 11) is 0. The standard InChI is InChI=1S/C24H15Br2FN2O3S/c25-18-10-15(11-19(26)21(18)32-13-14-6-8-17(27)9-7-14)12-20-23(31)29-24(33-20)28-22(30)16-4-2-1-3-5-16/h1-12H,13H2,(H,28,29,30,31)/b20-12-. The Labute approximate surface area is 210 Å². The third kappa shape index (κ3) is 5.98. The van der Waals surface area contributed by atoms with Crippen molar-refractivity contribution in [2.75, 3.05) is 0 Å². The van der Waals surface area contributed by atoms with Gasteiger partial charge in [0.1, 0.15) is 18.2 Å². The smallest absolute Gasteiger partial charge is 0.279 e. The minimum Gasteiger partial charge on any atom is -0.487 e. The van der Waals surface area contributed by atoms with Crippen LogP contribution in [0.3, 0.4) is 0 Å². The molecule has 4 rings (SSSR count). The number of nitrogens with zero attached hydrogens (tertiary/aromatic N) is 1. The van der Waals surface area contributed by atoms with Gasteiger partial charge in [0.15, 0.2) is 5.17 Å². The zero-order valence-corrected chi connectivity index (χ0v) is 20.8. The highest BCUT2D eigenvalue weighted by molar-refractivity contribution is 9.11. The lowest BCUT2D eigenvalue weighted by Gasteiger charge is -2.11. The number of benzene rings is 3. The molecule has 5 nitrogen and oxygen atoms in total. The van der Waals surface area contributed by atoms with Crippen LogP contribution in [0, 0.1) is 5.82 Å². The first-order valence-corrected chi connectivity index (χ1v) is 12.0. The van der Waals surface area contributed by atoms with Gasteiger partial charge >= 0.3 is 0 Å². The van der Waals surface area contributed by atoms with Gasteiger partial charge in [-0.1, -0.05) is 30.3 Å². The molecule has 0 aromatic heterocycles. The monoisotopic (exact) mass is 588 g/mol. The number of hydrogen-bond acceptors (Lipinski definition) is 4. The molecule has 1 heterocycles. The third-order valence-electron chi connectivity index (χ3n) is 4.49. The second-order valence-corrected chi connectivity index (χ2v) is 9.62. The van der Waals surface area contributed by atoms with Gasteiger partial charge in [-0.05, 0) is 97.2 Å². The van der Waals surface area contributed by atoms with Crippen molar-refractivity contribution in [3.05, 3.63) is 103 Å².